The van der Waals surface area contributed by atoms with E-state index in [1.54, 1.807) is 48.5 Å². The monoisotopic (exact) mass is 504 g/mol. The molecule has 10 heteroatoms. The van der Waals surface area contributed by atoms with Gasteiger partial charge in [-0.2, -0.15) is 10.5 Å². The fourth-order valence-corrected chi connectivity index (χ4v) is 4.75. The largest absolute Gasteiger partial charge is 0.274 e. The van der Waals surface area contributed by atoms with Crippen LogP contribution in [-0.4, -0.2) is 56.5 Å². The van der Waals surface area contributed by atoms with Crippen molar-refractivity contribution in [2.45, 2.75) is 25.7 Å². The van der Waals surface area contributed by atoms with Crippen LogP contribution in [0.2, 0.25) is 0 Å². The predicted molar refractivity (Wildman–Crippen MR) is 132 cm³/mol. The SMILES string of the molecule is N#Cc1nc(CCCN2C(=O)c3ccccc3C2=O)c(CCCN2C(=O)c3ccccc3C2=O)nc1C#N. The van der Waals surface area contributed by atoms with Crippen molar-refractivity contribution in [1.29, 1.82) is 10.5 Å². The Kier molecular flexibility index (Phi) is 6.46. The number of carbonyl (C=O) groups excluding carboxylic acids is 4. The van der Waals surface area contributed by atoms with Gasteiger partial charge in [-0.25, -0.2) is 9.97 Å². The Bertz CT molecular complexity index is 1410. The number of rotatable bonds is 8. The predicted octanol–water partition coefficient (Wildman–Crippen LogP) is 2.68. The molecule has 186 valence electrons. The molecule has 0 fully saturated rings. The number of benzene rings is 2. The molecule has 4 amide bonds. The van der Waals surface area contributed by atoms with Crippen LogP contribution in [0.15, 0.2) is 48.5 Å². The fraction of sp³-hybridized carbons (Fsp3) is 0.214. The van der Waals surface area contributed by atoms with Crippen molar-refractivity contribution in [2.24, 2.45) is 0 Å². The standard InChI is InChI=1S/C28H20N6O4/c29-15-23-24(16-30)32-22(12-6-14-34-27(37)19-9-3-4-10-20(19)28(34)38)21(31-23)11-5-13-33-25(35)17-7-1-2-8-18(17)26(33)36/h1-4,7-10H,5-6,11-14H2. The Morgan fingerprint density at radius 1 is 0.579 bits per heavy atom. The highest BCUT2D eigenvalue weighted by molar-refractivity contribution is 6.22. The first-order valence-corrected chi connectivity index (χ1v) is 12.0. The van der Waals surface area contributed by atoms with Crippen LogP contribution in [0.25, 0.3) is 0 Å². The van der Waals surface area contributed by atoms with E-state index in [4.69, 9.17) is 0 Å². The van der Waals surface area contributed by atoms with Crippen LogP contribution in [0, 0.1) is 22.7 Å². The molecule has 3 aromatic rings. The third kappa shape index (κ3) is 4.18. The van der Waals surface area contributed by atoms with Crippen molar-refractivity contribution in [1.82, 2.24) is 19.8 Å². The molecule has 2 aliphatic heterocycles. The molecule has 2 aliphatic rings. The maximum atomic E-state index is 12.6. The summed E-state index contributed by atoms with van der Waals surface area (Å²) in [4.78, 5) is 61.6. The number of hydrogen-bond donors (Lipinski definition) is 0. The molecular weight excluding hydrogens is 484 g/mol. The Morgan fingerprint density at radius 3 is 1.18 bits per heavy atom. The van der Waals surface area contributed by atoms with Crippen molar-refractivity contribution in [3.63, 3.8) is 0 Å². The lowest BCUT2D eigenvalue weighted by Crippen LogP contribution is -2.31. The zero-order valence-corrected chi connectivity index (χ0v) is 20.2. The van der Waals surface area contributed by atoms with Crippen LogP contribution in [0.3, 0.4) is 0 Å². The van der Waals surface area contributed by atoms with Gasteiger partial charge in [0.05, 0.1) is 33.6 Å². The summed E-state index contributed by atoms with van der Waals surface area (Å²) in [5, 5.41) is 18.8. The second-order valence-electron chi connectivity index (χ2n) is 8.86. The zero-order valence-electron chi connectivity index (χ0n) is 20.2. The highest BCUT2D eigenvalue weighted by Crippen LogP contribution is 2.24. The van der Waals surface area contributed by atoms with Crippen LogP contribution in [-0.2, 0) is 12.8 Å². The topological polar surface area (TPSA) is 148 Å². The molecule has 0 atom stereocenters. The third-order valence-electron chi connectivity index (χ3n) is 6.61. The quantitative estimate of drug-likeness (QED) is 0.425. The molecule has 0 radical (unpaired) electrons. The summed E-state index contributed by atoms with van der Waals surface area (Å²) in [6.45, 7) is 0.314. The third-order valence-corrected chi connectivity index (χ3v) is 6.61. The van der Waals surface area contributed by atoms with E-state index in [1.807, 2.05) is 12.1 Å². The molecule has 0 spiro atoms. The molecule has 38 heavy (non-hydrogen) atoms. The summed E-state index contributed by atoms with van der Waals surface area (Å²) in [5.74, 6) is -1.41. The van der Waals surface area contributed by atoms with Gasteiger partial charge in [0.25, 0.3) is 23.6 Å². The summed E-state index contributed by atoms with van der Waals surface area (Å²) in [6.07, 6.45) is 1.37. The first-order valence-electron chi connectivity index (χ1n) is 12.0. The number of hydrogen-bond acceptors (Lipinski definition) is 8. The van der Waals surface area contributed by atoms with E-state index in [9.17, 15) is 29.7 Å². The zero-order chi connectivity index (χ0) is 26.8. The van der Waals surface area contributed by atoms with E-state index in [2.05, 4.69) is 9.97 Å². The average Bonchev–Trinajstić information content (AvgIpc) is 3.33. The smallest absolute Gasteiger partial charge is 0.261 e. The lowest BCUT2D eigenvalue weighted by Gasteiger charge is -2.16. The fourth-order valence-electron chi connectivity index (χ4n) is 4.75. The maximum absolute atomic E-state index is 12.6. The Morgan fingerprint density at radius 2 is 0.895 bits per heavy atom. The van der Waals surface area contributed by atoms with E-state index in [0.29, 0.717) is 59.3 Å². The molecule has 5 rings (SSSR count). The first kappa shape index (κ1) is 24.5. The Labute approximate surface area is 217 Å². The minimum Gasteiger partial charge on any atom is -0.274 e. The van der Waals surface area contributed by atoms with Crippen molar-refractivity contribution < 1.29 is 19.2 Å². The van der Waals surface area contributed by atoms with E-state index < -0.39 is 0 Å². The van der Waals surface area contributed by atoms with E-state index in [-0.39, 0.29) is 48.1 Å². The molecule has 0 bridgehead atoms. The lowest BCUT2D eigenvalue weighted by molar-refractivity contribution is 0.0636. The molecule has 3 heterocycles. The number of nitrogens with zero attached hydrogens (tertiary/aromatic N) is 6. The van der Waals surface area contributed by atoms with Crippen molar-refractivity contribution in [3.8, 4) is 12.1 Å². The van der Waals surface area contributed by atoms with Crippen LogP contribution in [0.5, 0.6) is 0 Å². The summed E-state index contributed by atoms with van der Waals surface area (Å²) in [7, 11) is 0. The minimum absolute atomic E-state index is 0.104. The lowest BCUT2D eigenvalue weighted by atomic mass is 10.1. The summed E-state index contributed by atoms with van der Waals surface area (Å²) >= 11 is 0. The summed E-state index contributed by atoms with van der Waals surface area (Å²) in [6, 6.07) is 17.1. The van der Waals surface area contributed by atoms with Gasteiger partial charge in [0, 0.05) is 13.1 Å². The van der Waals surface area contributed by atoms with Crippen LogP contribution >= 0.6 is 0 Å². The van der Waals surface area contributed by atoms with Crippen molar-refractivity contribution in [2.75, 3.05) is 13.1 Å². The number of carbonyl (C=O) groups is 4. The average molecular weight is 505 g/mol. The highest BCUT2D eigenvalue weighted by Gasteiger charge is 2.35. The maximum Gasteiger partial charge on any atom is 0.261 e. The molecular formula is C28H20N6O4. The number of aromatic nitrogens is 2. The molecule has 0 saturated heterocycles. The van der Waals surface area contributed by atoms with Gasteiger partial charge in [0.15, 0.2) is 11.4 Å². The molecule has 1 aromatic heterocycles. The van der Waals surface area contributed by atoms with Crippen LogP contribution < -0.4 is 0 Å². The number of aryl methyl sites for hydroxylation is 2. The molecule has 0 N–H and O–H groups in total. The Balaban J connectivity index is 1.28. The van der Waals surface area contributed by atoms with Gasteiger partial charge in [-0.15, -0.1) is 0 Å². The molecule has 0 aliphatic carbocycles. The van der Waals surface area contributed by atoms with Gasteiger partial charge in [0.1, 0.15) is 12.1 Å². The number of nitriles is 2. The van der Waals surface area contributed by atoms with E-state index in [1.165, 1.54) is 9.80 Å². The van der Waals surface area contributed by atoms with Gasteiger partial charge in [0.2, 0.25) is 0 Å². The summed E-state index contributed by atoms with van der Waals surface area (Å²) in [5.41, 5.74) is 2.22. The van der Waals surface area contributed by atoms with Gasteiger partial charge >= 0.3 is 0 Å². The normalized spacial score (nSPS) is 13.9. The second-order valence-corrected chi connectivity index (χ2v) is 8.86. The van der Waals surface area contributed by atoms with E-state index >= 15 is 0 Å². The van der Waals surface area contributed by atoms with Crippen molar-refractivity contribution in [3.05, 3.63) is 93.6 Å². The molecule has 0 unspecified atom stereocenters. The van der Waals surface area contributed by atoms with Gasteiger partial charge in [-0.1, -0.05) is 24.3 Å². The number of fused-ring (bicyclic) bond motifs is 2. The molecule has 10 nitrogen and oxygen atoms in total. The molecule has 2 aromatic carbocycles. The van der Waals surface area contributed by atoms with Gasteiger partial charge in [-0.05, 0) is 49.9 Å². The van der Waals surface area contributed by atoms with Crippen molar-refractivity contribution >= 4 is 23.6 Å². The second kappa shape index (κ2) is 10.0. The summed E-state index contributed by atoms with van der Waals surface area (Å²) < 4.78 is 0. The number of amides is 4. The van der Waals surface area contributed by atoms with E-state index in [0.717, 1.165) is 0 Å². The number of imide groups is 2. The van der Waals surface area contributed by atoms with Gasteiger partial charge < -0.3 is 0 Å². The first-order chi connectivity index (χ1) is 18.4. The highest BCUT2D eigenvalue weighted by atomic mass is 16.2. The molecule has 0 saturated carbocycles. The minimum atomic E-state index is -0.351. The van der Waals surface area contributed by atoms with Crippen LogP contribution in [0.1, 0.15) is 77.0 Å². The van der Waals surface area contributed by atoms with Crippen LogP contribution in [0.4, 0.5) is 0 Å². The van der Waals surface area contributed by atoms with Gasteiger partial charge in [-0.3, -0.25) is 29.0 Å². The Hall–Kier alpha value is -5.22.